The molecule has 0 saturated carbocycles. The minimum absolute atomic E-state index is 0.0189. The molecule has 0 radical (unpaired) electrons. The molecule has 0 spiro atoms. The van der Waals surface area contributed by atoms with Gasteiger partial charge in [0, 0.05) is 12.2 Å². The first-order valence-electron chi connectivity index (χ1n) is 6.87. The second-order valence-electron chi connectivity index (χ2n) is 5.06. The highest BCUT2D eigenvalue weighted by molar-refractivity contribution is 5.92. The first kappa shape index (κ1) is 15.1. The summed E-state index contributed by atoms with van der Waals surface area (Å²) in [5.74, 6) is 0.477. The second kappa shape index (κ2) is 6.90. The Morgan fingerprint density at radius 1 is 1.10 bits per heavy atom. The Morgan fingerprint density at radius 2 is 1.71 bits per heavy atom. The molecule has 0 unspecified atom stereocenters. The molecule has 3 N–H and O–H groups in total. The van der Waals surface area contributed by atoms with Gasteiger partial charge in [-0.1, -0.05) is 18.2 Å². The van der Waals surface area contributed by atoms with E-state index in [1.807, 2.05) is 50.2 Å². The van der Waals surface area contributed by atoms with E-state index in [0.717, 1.165) is 22.4 Å². The zero-order valence-corrected chi connectivity index (χ0v) is 12.3. The molecule has 0 fully saturated rings. The van der Waals surface area contributed by atoms with E-state index in [0.29, 0.717) is 12.3 Å². The fourth-order valence-electron chi connectivity index (χ4n) is 2.11. The van der Waals surface area contributed by atoms with Crippen molar-refractivity contribution in [2.75, 3.05) is 11.9 Å². The summed E-state index contributed by atoms with van der Waals surface area (Å²) in [6.07, 6.45) is 0. The van der Waals surface area contributed by atoms with Gasteiger partial charge in [0.2, 0.25) is 0 Å². The molecule has 21 heavy (non-hydrogen) atoms. The maximum atomic E-state index is 11.9. The lowest BCUT2D eigenvalue weighted by Crippen LogP contribution is -2.20. The normalized spacial score (nSPS) is 10.2. The first-order valence-corrected chi connectivity index (χ1v) is 6.87. The average molecular weight is 284 g/mol. The standard InChI is InChI=1S/C17H20N2O2/c1-12-7-13(2)9-15(8-12)19-17(20)11-21-16-5-3-14(10-18)4-6-16/h3-9H,10-11,18H2,1-2H3,(H,19,20). The predicted octanol–water partition coefficient (Wildman–Crippen LogP) is 2.78. The van der Waals surface area contributed by atoms with Gasteiger partial charge in [-0.3, -0.25) is 4.79 Å². The third kappa shape index (κ3) is 4.61. The van der Waals surface area contributed by atoms with Crippen molar-refractivity contribution in [1.82, 2.24) is 0 Å². The van der Waals surface area contributed by atoms with Crippen LogP contribution in [0.3, 0.4) is 0 Å². The number of hydrogen-bond donors (Lipinski definition) is 2. The van der Waals surface area contributed by atoms with Crippen LogP contribution in [0.5, 0.6) is 5.75 Å². The molecule has 4 nitrogen and oxygen atoms in total. The zero-order chi connectivity index (χ0) is 15.2. The summed E-state index contributed by atoms with van der Waals surface area (Å²) in [5, 5.41) is 2.83. The van der Waals surface area contributed by atoms with Crippen LogP contribution in [0.4, 0.5) is 5.69 Å². The summed E-state index contributed by atoms with van der Waals surface area (Å²) in [7, 11) is 0. The predicted molar refractivity (Wildman–Crippen MR) is 84.4 cm³/mol. The van der Waals surface area contributed by atoms with E-state index in [9.17, 15) is 4.79 Å². The van der Waals surface area contributed by atoms with E-state index < -0.39 is 0 Å². The number of nitrogens with one attached hydrogen (secondary N) is 1. The quantitative estimate of drug-likeness (QED) is 0.887. The van der Waals surface area contributed by atoms with Gasteiger partial charge in [-0.15, -0.1) is 0 Å². The smallest absolute Gasteiger partial charge is 0.262 e. The number of aryl methyl sites for hydroxylation is 2. The highest BCUT2D eigenvalue weighted by Crippen LogP contribution is 2.14. The second-order valence-corrected chi connectivity index (χ2v) is 5.06. The van der Waals surface area contributed by atoms with Gasteiger partial charge in [-0.2, -0.15) is 0 Å². The topological polar surface area (TPSA) is 64.3 Å². The third-order valence-electron chi connectivity index (χ3n) is 3.03. The van der Waals surface area contributed by atoms with Crippen LogP contribution >= 0.6 is 0 Å². The molecule has 0 aromatic heterocycles. The van der Waals surface area contributed by atoms with Crippen molar-refractivity contribution in [2.45, 2.75) is 20.4 Å². The molecule has 0 aliphatic carbocycles. The van der Waals surface area contributed by atoms with Gasteiger partial charge in [0.05, 0.1) is 0 Å². The molecular formula is C17H20N2O2. The van der Waals surface area contributed by atoms with E-state index in [2.05, 4.69) is 11.4 Å². The van der Waals surface area contributed by atoms with Crippen molar-refractivity contribution in [3.05, 3.63) is 59.2 Å². The highest BCUT2D eigenvalue weighted by atomic mass is 16.5. The Hall–Kier alpha value is -2.33. The Morgan fingerprint density at radius 3 is 2.29 bits per heavy atom. The largest absolute Gasteiger partial charge is 0.484 e. The molecular weight excluding hydrogens is 264 g/mol. The van der Waals surface area contributed by atoms with Crippen LogP contribution in [0.25, 0.3) is 0 Å². The van der Waals surface area contributed by atoms with Crippen molar-refractivity contribution >= 4 is 11.6 Å². The third-order valence-corrected chi connectivity index (χ3v) is 3.03. The van der Waals surface area contributed by atoms with Crippen molar-refractivity contribution in [3.8, 4) is 5.75 Å². The molecule has 0 aliphatic heterocycles. The number of benzene rings is 2. The van der Waals surface area contributed by atoms with Gasteiger partial charge in [-0.25, -0.2) is 0 Å². The average Bonchev–Trinajstić information content (AvgIpc) is 2.44. The lowest BCUT2D eigenvalue weighted by atomic mass is 10.1. The number of amides is 1. The van der Waals surface area contributed by atoms with E-state index in [4.69, 9.17) is 10.5 Å². The number of anilines is 1. The number of rotatable bonds is 5. The van der Waals surface area contributed by atoms with Gasteiger partial charge in [-0.05, 0) is 54.8 Å². The zero-order valence-electron chi connectivity index (χ0n) is 12.3. The van der Waals surface area contributed by atoms with Crippen molar-refractivity contribution in [2.24, 2.45) is 5.73 Å². The fourth-order valence-corrected chi connectivity index (χ4v) is 2.11. The monoisotopic (exact) mass is 284 g/mol. The Kier molecular flexibility index (Phi) is 4.95. The van der Waals surface area contributed by atoms with Crippen molar-refractivity contribution in [3.63, 3.8) is 0 Å². The lowest BCUT2D eigenvalue weighted by molar-refractivity contribution is -0.118. The molecule has 2 rings (SSSR count). The van der Waals surface area contributed by atoms with Gasteiger partial charge in [0.25, 0.3) is 5.91 Å². The van der Waals surface area contributed by atoms with E-state index >= 15 is 0 Å². The first-order chi connectivity index (χ1) is 10.1. The molecule has 0 atom stereocenters. The molecule has 4 heteroatoms. The molecule has 2 aromatic rings. The van der Waals surface area contributed by atoms with Crippen LogP contribution in [0.15, 0.2) is 42.5 Å². The Bertz CT molecular complexity index is 601. The SMILES string of the molecule is Cc1cc(C)cc(NC(=O)COc2ccc(CN)cc2)c1. The summed E-state index contributed by atoms with van der Waals surface area (Å²) >= 11 is 0. The molecule has 110 valence electrons. The molecule has 0 bridgehead atoms. The maximum Gasteiger partial charge on any atom is 0.262 e. The van der Waals surface area contributed by atoms with Gasteiger partial charge in [0.15, 0.2) is 6.61 Å². The van der Waals surface area contributed by atoms with E-state index in [1.54, 1.807) is 0 Å². The van der Waals surface area contributed by atoms with Gasteiger partial charge < -0.3 is 15.8 Å². The summed E-state index contributed by atoms with van der Waals surface area (Å²) in [5.41, 5.74) is 9.58. The number of hydrogen-bond acceptors (Lipinski definition) is 3. The van der Waals surface area contributed by atoms with Crippen LogP contribution < -0.4 is 15.8 Å². The van der Waals surface area contributed by atoms with Crippen LogP contribution in [-0.4, -0.2) is 12.5 Å². The summed E-state index contributed by atoms with van der Waals surface area (Å²) < 4.78 is 5.45. The van der Waals surface area contributed by atoms with Gasteiger partial charge >= 0.3 is 0 Å². The Labute approximate surface area is 124 Å². The maximum absolute atomic E-state index is 11.9. The van der Waals surface area contributed by atoms with Crippen LogP contribution in [-0.2, 0) is 11.3 Å². The van der Waals surface area contributed by atoms with Crippen LogP contribution in [0.2, 0.25) is 0 Å². The number of ether oxygens (including phenoxy) is 1. The van der Waals surface area contributed by atoms with Crippen LogP contribution in [0, 0.1) is 13.8 Å². The van der Waals surface area contributed by atoms with E-state index in [1.165, 1.54) is 0 Å². The molecule has 0 aliphatic rings. The van der Waals surface area contributed by atoms with Gasteiger partial charge in [0.1, 0.15) is 5.75 Å². The van der Waals surface area contributed by atoms with Crippen LogP contribution in [0.1, 0.15) is 16.7 Å². The fraction of sp³-hybridized carbons (Fsp3) is 0.235. The number of nitrogens with two attached hydrogens (primary N) is 1. The molecule has 0 heterocycles. The van der Waals surface area contributed by atoms with Crippen molar-refractivity contribution in [1.29, 1.82) is 0 Å². The number of carbonyl (C=O) groups excluding carboxylic acids is 1. The lowest BCUT2D eigenvalue weighted by Gasteiger charge is -2.09. The highest BCUT2D eigenvalue weighted by Gasteiger charge is 2.04. The number of carbonyl (C=O) groups is 1. The summed E-state index contributed by atoms with van der Waals surface area (Å²) in [6.45, 7) is 4.47. The van der Waals surface area contributed by atoms with Crippen molar-refractivity contribution < 1.29 is 9.53 Å². The summed E-state index contributed by atoms with van der Waals surface area (Å²) in [4.78, 5) is 11.9. The summed E-state index contributed by atoms with van der Waals surface area (Å²) in [6, 6.07) is 13.3. The minimum Gasteiger partial charge on any atom is -0.484 e. The molecule has 1 amide bonds. The Balaban J connectivity index is 1.89. The van der Waals surface area contributed by atoms with E-state index in [-0.39, 0.29) is 12.5 Å². The minimum atomic E-state index is -0.178. The molecule has 0 saturated heterocycles. The molecule has 2 aromatic carbocycles.